The Morgan fingerprint density at radius 2 is 1.75 bits per heavy atom. The van der Waals surface area contributed by atoms with Crippen molar-refractivity contribution in [2.75, 3.05) is 0 Å². The summed E-state index contributed by atoms with van der Waals surface area (Å²) in [7, 11) is 0. The van der Waals surface area contributed by atoms with Crippen molar-refractivity contribution >= 4 is 11.9 Å². The van der Waals surface area contributed by atoms with Crippen LogP contribution in [0.3, 0.4) is 0 Å². The van der Waals surface area contributed by atoms with Gasteiger partial charge in [0, 0.05) is 12.8 Å². The van der Waals surface area contributed by atoms with E-state index in [1.54, 1.807) is 0 Å². The third-order valence-corrected chi connectivity index (χ3v) is 3.27. The Hall–Kier alpha value is -1.41. The molecule has 0 spiro atoms. The number of amides is 1. The lowest BCUT2D eigenvalue weighted by Gasteiger charge is -2.29. The van der Waals surface area contributed by atoms with Gasteiger partial charge in [-0.05, 0) is 25.2 Å². The van der Waals surface area contributed by atoms with E-state index in [0.717, 1.165) is 0 Å². The average Bonchev–Trinajstić information content (AvgIpc) is 2.29. The molecule has 0 heterocycles. The highest BCUT2D eigenvalue weighted by molar-refractivity contribution is 5.86. The molecule has 1 amide bonds. The fourth-order valence-electron chi connectivity index (χ4n) is 2.13. The Morgan fingerprint density at radius 1 is 1.25 bits per heavy atom. The molecule has 0 aromatic heterocycles. The molecule has 1 saturated carbocycles. The highest BCUT2D eigenvalue weighted by atomic mass is 19.4. The van der Waals surface area contributed by atoms with Gasteiger partial charge in [-0.3, -0.25) is 4.79 Å². The largest absolute Gasteiger partial charge is 0.480 e. The van der Waals surface area contributed by atoms with Crippen molar-refractivity contribution < 1.29 is 36.6 Å². The third-order valence-electron chi connectivity index (χ3n) is 3.27. The highest BCUT2D eigenvalue weighted by Crippen LogP contribution is 2.37. The molecule has 0 aliphatic heterocycles. The second-order valence-corrected chi connectivity index (χ2v) is 4.90. The second kappa shape index (κ2) is 5.92. The SMILES string of the molecule is O=C(O)C(CC1CCC(F)(F)CC1)NC(=O)C(F)(F)F. The zero-order chi connectivity index (χ0) is 15.6. The van der Waals surface area contributed by atoms with E-state index >= 15 is 0 Å². The molecule has 1 aliphatic rings. The number of nitrogens with one attached hydrogen (secondary N) is 1. The zero-order valence-electron chi connectivity index (χ0n) is 10.3. The number of carboxylic acid groups (broad SMARTS) is 1. The summed E-state index contributed by atoms with van der Waals surface area (Å²) in [5, 5.41) is 10.2. The molecule has 1 atom stereocenters. The van der Waals surface area contributed by atoms with E-state index in [1.165, 1.54) is 5.32 Å². The maximum Gasteiger partial charge on any atom is 0.471 e. The first-order valence-corrected chi connectivity index (χ1v) is 5.99. The summed E-state index contributed by atoms with van der Waals surface area (Å²) in [6.07, 6.45) is -6.24. The van der Waals surface area contributed by atoms with E-state index in [4.69, 9.17) is 5.11 Å². The van der Waals surface area contributed by atoms with Crippen LogP contribution in [-0.4, -0.2) is 35.1 Å². The number of rotatable bonds is 4. The molecule has 0 aromatic carbocycles. The molecule has 4 nitrogen and oxygen atoms in total. The van der Waals surface area contributed by atoms with Crippen LogP contribution in [-0.2, 0) is 9.59 Å². The quantitative estimate of drug-likeness (QED) is 0.783. The fourth-order valence-corrected chi connectivity index (χ4v) is 2.13. The molecular formula is C11H14F5NO3. The van der Waals surface area contributed by atoms with Gasteiger partial charge < -0.3 is 10.4 Å². The molecule has 0 radical (unpaired) electrons. The van der Waals surface area contributed by atoms with Gasteiger partial charge in [0.2, 0.25) is 5.92 Å². The minimum atomic E-state index is -5.17. The normalized spacial score (nSPS) is 21.2. The van der Waals surface area contributed by atoms with Crippen LogP contribution in [0.4, 0.5) is 22.0 Å². The molecule has 0 saturated heterocycles. The summed E-state index contributed by atoms with van der Waals surface area (Å²) in [5.74, 6) is -7.19. The second-order valence-electron chi connectivity index (χ2n) is 4.90. The molecule has 1 rings (SSSR count). The summed E-state index contributed by atoms with van der Waals surface area (Å²) >= 11 is 0. The lowest BCUT2D eigenvalue weighted by Crippen LogP contribution is -2.48. The van der Waals surface area contributed by atoms with Gasteiger partial charge >= 0.3 is 18.1 Å². The summed E-state index contributed by atoms with van der Waals surface area (Å²) in [6.45, 7) is 0. The van der Waals surface area contributed by atoms with Crippen LogP contribution in [0.5, 0.6) is 0 Å². The molecule has 0 bridgehead atoms. The predicted molar refractivity (Wildman–Crippen MR) is 57.1 cm³/mol. The van der Waals surface area contributed by atoms with Crippen molar-refractivity contribution in [1.82, 2.24) is 5.32 Å². The van der Waals surface area contributed by atoms with Gasteiger partial charge in [0.05, 0.1) is 0 Å². The number of aliphatic carboxylic acids is 1. The van der Waals surface area contributed by atoms with Crippen LogP contribution in [0.15, 0.2) is 0 Å². The molecule has 116 valence electrons. The van der Waals surface area contributed by atoms with E-state index < -0.39 is 48.8 Å². The van der Waals surface area contributed by atoms with Crippen LogP contribution < -0.4 is 5.32 Å². The van der Waals surface area contributed by atoms with Gasteiger partial charge in [-0.1, -0.05) is 0 Å². The van der Waals surface area contributed by atoms with Crippen molar-refractivity contribution in [3.63, 3.8) is 0 Å². The zero-order valence-corrected chi connectivity index (χ0v) is 10.3. The van der Waals surface area contributed by atoms with Crippen molar-refractivity contribution in [2.24, 2.45) is 5.92 Å². The number of alkyl halides is 5. The maximum absolute atomic E-state index is 12.9. The number of carboxylic acids is 1. The van der Waals surface area contributed by atoms with Gasteiger partial charge in [0.15, 0.2) is 0 Å². The molecule has 2 N–H and O–H groups in total. The van der Waals surface area contributed by atoms with E-state index in [9.17, 15) is 31.5 Å². The number of carbonyl (C=O) groups is 2. The molecule has 1 unspecified atom stereocenters. The van der Waals surface area contributed by atoms with Crippen molar-refractivity contribution in [3.05, 3.63) is 0 Å². The Balaban J connectivity index is 2.57. The fraction of sp³-hybridized carbons (Fsp3) is 0.818. The maximum atomic E-state index is 12.9. The van der Waals surface area contributed by atoms with Gasteiger partial charge in [-0.2, -0.15) is 13.2 Å². The topological polar surface area (TPSA) is 66.4 Å². The van der Waals surface area contributed by atoms with Crippen LogP contribution >= 0.6 is 0 Å². The minimum Gasteiger partial charge on any atom is -0.480 e. The molecule has 9 heteroatoms. The van der Waals surface area contributed by atoms with E-state index in [1.807, 2.05) is 0 Å². The summed E-state index contributed by atoms with van der Waals surface area (Å²) in [6, 6.07) is -1.72. The molecular weight excluding hydrogens is 289 g/mol. The molecule has 1 fully saturated rings. The van der Waals surface area contributed by atoms with Gasteiger partial charge in [-0.25, -0.2) is 13.6 Å². The smallest absolute Gasteiger partial charge is 0.471 e. The lowest BCUT2D eigenvalue weighted by molar-refractivity contribution is -0.175. The van der Waals surface area contributed by atoms with Crippen molar-refractivity contribution in [1.29, 1.82) is 0 Å². The minimum absolute atomic E-state index is 0.0265. The van der Waals surface area contributed by atoms with Crippen LogP contribution in [0.1, 0.15) is 32.1 Å². The van der Waals surface area contributed by atoms with Gasteiger partial charge in [0.1, 0.15) is 6.04 Å². The molecule has 0 aromatic rings. The summed E-state index contributed by atoms with van der Waals surface area (Å²) < 4.78 is 62.0. The number of carbonyl (C=O) groups excluding carboxylic acids is 1. The first-order valence-electron chi connectivity index (χ1n) is 5.99. The van der Waals surface area contributed by atoms with E-state index in [2.05, 4.69) is 0 Å². The van der Waals surface area contributed by atoms with Crippen molar-refractivity contribution in [3.8, 4) is 0 Å². The van der Waals surface area contributed by atoms with Gasteiger partial charge in [0.25, 0.3) is 0 Å². The first-order chi connectivity index (χ1) is 9.01. The standard InChI is InChI=1S/C11H14F5NO3/c12-10(13)3-1-6(2-4-10)5-7(8(18)19)17-9(20)11(14,15)16/h6-7H,1-5H2,(H,17,20)(H,18,19). The number of hydrogen-bond donors (Lipinski definition) is 2. The average molecular weight is 303 g/mol. The van der Waals surface area contributed by atoms with Crippen LogP contribution in [0.2, 0.25) is 0 Å². The van der Waals surface area contributed by atoms with Gasteiger partial charge in [-0.15, -0.1) is 0 Å². The molecule has 1 aliphatic carbocycles. The van der Waals surface area contributed by atoms with Crippen LogP contribution in [0, 0.1) is 5.92 Å². The summed E-state index contributed by atoms with van der Waals surface area (Å²) in [5.41, 5.74) is 0. The predicted octanol–water partition coefficient (Wildman–Crippen LogP) is 2.33. The number of halogens is 5. The monoisotopic (exact) mass is 303 g/mol. The van der Waals surface area contributed by atoms with E-state index in [0.29, 0.717) is 0 Å². The number of hydrogen-bond acceptors (Lipinski definition) is 2. The summed E-state index contributed by atoms with van der Waals surface area (Å²) in [4.78, 5) is 21.5. The van der Waals surface area contributed by atoms with Crippen molar-refractivity contribution in [2.45, 2.75) is 50.2 Å². The Kier molecular flexibility index (Phi) is 4.93. The van der Waals surface area contributed by atoms with Crippen LogP contribution in [0.25, 0.3) is 0 Å². The Morgan fingerprint density at radius 3 is 2.15 bits per heavy atom. The Labute approximate surface area is 111 Å². The third kappa shape index (κ3) is 4.93. The Bertz CT molecular complexity index is 373. The van der Waals surface area contributed by atoms with E-state index in [-0.39, 0.29) is 19.3 Å². The lowest BCUT2D eigenvalue weighted by atomic mass is 9.83. The first kappa shape index (κ1) is 16.6. The highest BCUT2D eigenvalue weighted by Gasteiger charge is 2.42. The molecule has 20 heavy (non-hydrogen) atoms.